The molecule has 0 aliphatic heterocycles. The van der Waals surface area contributed by atoms with Gasteiger partial charge in [0.15, 0.2) is 18.5 Å². The molecule has 0 saturated carbocycles. The summed E-state index contributed by atoms with van der Waals surface area (Å²) in [6.07, 6.45) is -8.16. The Kier molecular flexibility index (Phi) is 10.5. The standard InChI is InChI=1S/C24H22F3N5O12S/c1-15-3-5-17(6-4-15)21-11-22(24(25,26)27)28-30(21)18-7-9-20(10-8-18)45(39,40)29(16(2)33)14-42-23(34)41-12-19(44-32(37)38)13-43-31(35)36/h3-11,19H,12-14H2,1-2H3. The molecule has 45 heavy (non-hydrogen) atoms. The smallest absolute Gasteiger partial charge is 0.432 e. The third-order valence-electron chi connectivity index (χ3n) is 5.66. The van der Waals surface area contributed by atoms with Crippen molar-refractivity contribution in [2.24, 2.45) is 0 Å². The molecular formula is C24H22F3N5O12S. The average molecular weight is 662 g/mol. The summed E-state index contributed by atoms with van der Waals surface area (Å²) in [7, 11) is -4.71. The van der Waals surface area contributed by atoms with Crippen molar-refractivity contribution in [1.29, 1.82) is 0 Å². The van der Waals surface area contributed by atoms with E-state index in [1.165, 1.54) is 0 Å². The summed E-state index contributed by atoms with van der Waals surface area (Å²) in [5.41, 5.74) is 0.169. The van der Waals surface area contributed by atoms with E-state index < -0.39 is 75.1 Å². The third-order valence-corrected chi connectivity index (χ3v) is 7.47. The van der Waals surface area contributed by atoms with Crippen LogP contribution in [-0.4, -0.2) is 70.8 Å². The number of carbonyl (C=O) groups excluding carboxylic acids is 2. The number of aryl methyl sites for hydroxylation is 1. The molecule has 2 aromatic carbocycles. The van der Waals surface area contributed by atoms with Gasteiger partial charge in [0.1, 0.15) is 13.2 Å². The van der Waals surface area contributed by atoms with E-state index in [0.717, 1.165) is 47.5 Å². The Morgan fingerprint density at radius 3 is 2.16 bits per heavy atom. The number of sulfonamides is 1. The van der Waals surface area contributed by atoms with Crippen LogP contribution < -0.4 is 0 Å². The molecular weight excluding hydrogens is 639 g/mol. The molecule has 1 aromatic heterocycles. The Labute approximate surface area is 250 Å². The number of nitrogens with zero attached hydrogens (tertiary/aromatic N) is 5. The number of ether oxygens (including phenoxy) is 2. The Morgan fingerprint density at radius 2 is 1.62 bits per heavy atom. The number of carbonyl (C=O) groups is 2. The van der Waals surface area contributed by atoms with E-state index in [0.29, 0.717) is 5.56 Å². The van der Waals surface area contributed by atoms with E-state index in [-0.39, 0.29) is 15.7 Å². The van der Waals surface area contributed by atoms with E-state index in [1.807, 2.05) is 0 Å². The molecule has 242 valence electrons. The van der Waals surface area contributed by atoms with Gasteiger partial charge in [-0.1, -0.05) is 29.8 Å². The predicted molar refractivity (Wildman–Crippen MR) is 141 cm³/mol. The van der Waals surface area contributed by atoms with Gasteiger partial charge in [-0.15, -0.1) is 20.2 Å². The van der Waals surface area contributed by atoms with Gasteiger partial charge in [-0.25, -0.2) is 17.9 Å². The highest BCUT2D eigenvalue weighted by Gasteiger charge is 2.35. The Hall–Kier alpha value is -5.47. The van der Waals surface area contributed by atoms with E-state index in [1.54, 1.807) is 31.2 Å². The van der Waals surface area contributed by atoms with Gasteiger partial charge in [0.25, 0.3) is 20.2 Å². The van der Waals surface area contributed by atoms with Crippen LogP contribution in [0.15, 0.2) is 59.5 Å². The van der Waals surface area contributed by atoms with Crippen LogP contribution in [-0.2, 0) is 40.1 Å². The number of halogens is 3. The van der Waals surface area contributed by atoms with Crippen LogP contribution in [0.25, 0.3) is 16.9 Å². The van der Waals surface area contributed by atoms with Crippen molar-refractivity contribution in [2.45, 2.75) is 31.0 Å². The van der Waals surface area contributed by atoms with E-state index in [9.17, 15) is 51.4 Å². The van der Waals surface area contributed by atoms with Gasteiger partial charge in [-0.3, -0.25) is 4.79 Å². The van der Waals surface area contributed by atoms with E-state index in [2.05, 4.69) is 24.2 Å². The second-order valence-electron chi connectivity index (χ2n) is 8.86. The highest BCUT2D eigenvalue weighted by molar-refractivity contribution is 7.89. The fourth-order valence-electron chi connectivity index (χ4n) is 3.55. The SMILES string of the molecule is CC(=O)N(COC(=O)OCC(CO[N+](=O)[O-])O[N+](=O)[O-])S(=O)(=O)c1ccc(-n2nc(C(F)(F)F)cc2-c2ccc(C)cc2)cc1. The van der Waals surface area contributed by atoms with Crippen LogP contribution in [0, 0.1) is 27.2 Å². The molecule has 0 spiro atoms. The lowest BCUT2D eigenvalue weighted by Crippen LogP contribution is -2.38. The lowest BCUT2D eigenvalue weighted by molar-refractivity contribution is -0.790. The zero-order valence-corrected chi connectivity index (χ0v) is 23.9. The molecule has 0 bridgehead atoms. The first-order valence-electron chi connectivity index (χ1n) is 12.2. The molecule has 1 unspecified atom stereocenters. The van der Waals surface area contributed by atoms with Gasteiger partial charge in [-0.2, -0.15) is 22.6 Å². The molecule has 1 amide bonds. The fraction of sp³-hybridized carbons (Fsp3) is 0.292. The van der Waals surface area contributed by atoms with Crippen LogP contribution in [0.3, 0.4) is 0 Å². The number of benzene rings is 2. The second-order valence-corrected chi connectivity index (χ2v) is 10.7. The van der Waals surface area contributed by atoms with Crippen molar-refractivity contribution in [2.75, 3.05) is 19.9 Å². The van der Waals surface area contributed by atoms with Gasteiger partial charge >= 0.3 is 12.3 Å². The lowest BCUT2D eigenvalue weighted by atomic mass is 10.1. The first-order valence-corrected chi connectivity index (χ1v) is 13.7. The third kappa shape index (κ3) is 9.01. The molecule has 0 saturated heterocycles. The Balaban J connectivity index is 1.78. The summed E-state index contributed by atoms with van der Waals surface area (Å²) in [6, 6.07) is 11.7. The Bertz CT molecular complexity index is 1660. The summed E-state index contributed by atoms with van der Waals surface area (Å²) in [4.78, 5) is 52.3. The average Bonchev–Trinajstić information content (AvgIpc) is 3.41. The normalized spacial score (nSPS) is 12.1. The van der Waals surface area contributed by atoms with Crippen molar-refractivity contribution in [3.63, 3.8) is 0 Å². The van der Waals surface area contributed by atoms with Crippen molar-refractivity contribution in [1.82, 2.24) is 14.1 Å². The van der Waals surface area contributed by atoms with Gasteiger partial charge in [-0.05, 0) is 37.3 Å². The summed E-state index contributed by atoms with van der Waals surface area (Å²) >= 11 is 0. The molecule has 0 N–H and O–H groups in total. The van der Waals surface area contributed by atoms with Gasteiger partial charge in [0.05, 0.1) is 16.3 Å². The summed E-state index contributed by atoms with van der Waals surface area (Å²) < 4.78 is 77.0. The molecule has 0 fully saturated rings. The number of alkyl halides is 3. The summed E-state index contributed by atoms with van der Waals surface area (Å²) in [5, 5.41) is 21.8. The number of amides is 1. The zero-order chi connectivity index (χ0) is 33.5. The summed E-state index contributed by atoms with van der Waals surface area (Å²) in [6.45, 7) is -0.603. The van der Waals surface area contributed by atoms with Gasteiger partial charge in [0.2, 0.25) is 5.91 Å². The lowest BCUT2D eigenvalue weighted by Gasteiger charge is -2.21. The molecule has 1 heterocycles. The van der Waals surface area contributed by atoms with Crippen LogP contribution in [0.4, 0.5) is 18.0 Å². The number of hydrogen-bond donors (Lipinski definition) is 0. The topological polar surface area (TPSA) is 213 Å². The van der Waals surface area contributed by atoms with Gasteiger partial charge < -0.3 is 19.1 Å². The predicted octanol–water partition coefficient (Wildman–Crippen LogP) is 3.30. The monoisotopic (exact) mass is 661 g/mol. The maximum absolute atomic E-state index is 13.5. The highest BCUT2D eigenvalue weighted by Crippen LogP contribution is 2.33. The van der Waals surface area contributed by atoms with E-state index >= 15 is 0 Å². The molecule has 1 atom stereocenters. The number of hydrogen-bond acceptors (Lipinski definition) is 13. The van der Waals surface area contributed by atoms with Crippen LogP contribution in [0.1, 0.15) is 18.2 Å². The molecule has 21 heteroatoms. The van der Waals surface area contributed by atoms with Crippen LogP contribution in [0.2, 0.25) is 0 Å². The number of rotatable bonds is 13. The van der Waals surface area contributed by atoms with Crippen molar-refractivity contribution in [3.8, 4) is 16.9 Å². The van der Waals surface area contributed by atoms with E-state index in [4.69, 9.17) is 0 Å². The number of aromatic nitrogens is 2. The molecule has 3 aromatic rings. The molecule has 3 rings (SSSR count). The fourth-order valence-corrected chi connectivity index (χ4v) is 4.82. The second kappa shape index (κ2) is 13.9. The maximum atomic E-state index is 13.5. The van der Waals surface area contributed by atoms with Crippen molar-refractivity contribution >= 4 is 22.1 Å². The Morgan fingerprint density at radius 1 is 1.00 bits per heavy atom. The maximum Gasteiger partial charge on any atom is 0.510 e. The van der Waals surface area contributed by atoms with Crippen molar-refractivity contribution < 1.29 is 60.5 Å². The quantitative estimate of drug-likeness (QED) is 0.111. The minimum atomic E-state index is -4.78. The zero-order valence-electron chi connectivity index (χ0n) is 23.1. The van der Waals surface area contributed by atoms with Crippen LogP contribution in [0.5, 0.6) is 0 Å². The first kappa shape index (κ1) is 34.0. The molecule has 0 radical (unpaired) electrons. The first-order chi connectivity index (χ1) is 21.0. The van der Waals surface area contributed by atoms with Crippen molar-refractivity contribution in [3.05, 3.63) is 86.1 Å². The summed E-state index contributed by atoms with van der Waals surface area (Å²) in [5.74, 6) is -1.12. The minimum Gasteiger partial charge on any atom is -0.432 e. The van der Waals surface area contributed by atoms with Crippen LogP contribution >= 0.6 is 0 Å². The molecule has 0 aliphatic rings. The van der Waals surface area contributed by atoms with Gasteiger partial charge in [0, 0.05) is 12.5 Å². The molecule has 0 aliphatic carbocycles. The molecule has 17 nitrogen and oxygen atoms in total. The minimum absolute atomic E-state index is 0.0433. The largest absolute Gasteiger partial charge is 0.510 e. The highest BCUT2D eigenvalue weighted by atomic mass is 32.2.